The van der Waals surface area contributed by atoms with E-state index in [0.717, 1.165) is 42.7 Å². The zero-order chi connectivity index (χ0) is 21.1. The summed E-state index contributed by atoms with van der Waals surface area (Å²) in [5.74, 6) is 0.0383. The standard InChI is InChI=1S/C21H19Cl2N3O3S/c1-28-19-16(22)10-14(11-17(19)23)20(27)24-15-4-2-13(3-5-15)18-12-30-21(25-18)26-6-8-29-9-7-26/h2-5,10-12H,6-9H2,1H3,(H,24,27). The van der Waals surface area contributed by atoms with E-state index in [9.17, 15) is 4.79 Å². The molecule has 4 rings (SSSR count). The number of carbonyl (C=O) groups excluding carboxylic acids is 1. The molecule has 1 aliphatic rings. The van der Waals surface area contributed by atoms with Crippen molar-refractivity contribution in [3.63, 3.8) is 0 Å². The van der Waals surface area contributed by atoms with Gasteiger partial charge in [-0.2, -0.15) is 0 Å². The Bertz CT molecular complexity index is 1030. The van der Waals surface area contributed by atoms with Gasteiger partial charge in [0.1, 0.15) is 0 Å². The van der Waals surface area contributed by atoms with Gasteiger partial charge in [-0.3, -0.25) is 4.79 Å². The van der Waals surface area contributed by atoms with Gasteiger partial charge in [0.25, 0.3) is 5.91 Å². The van der Waals surface area contributed by atoms with Crippen LogP contribution in [-0.4, -0.2) is 44.3 Å². The number of nitrogens with zero attached hydrogens (tertiary/aromatic N) is 2. The zero-order valence-corrected chi connectivity index (χ0v) is 18.5. The maximum atomic E-state index is 12.6. The van der Waals surface area contributed by atoms with Crippen LogP contribution in [0.1, 0.15) is 10.4 Å². The molecule has 1 aromatic heterocycles. The van der Waals surface area contributed by atoms with Crippen LogP contribution >= 0.6 is 34.5 Å². The second-order valence-electron chi connectivity index (χ2n) is 6.62. The van der Waals surface area contributed by atoms with E-state index in [4.69, 9.17) is 37.7 Å². The number of morpholine rings is 1. The fourth-order valence-corrected chi connectivity index (χ4v) is 4.64. The van der Waals surface area contributed by atoms with Gasteiger partial charge in [0.05, 0.1) is 36.1 Å². The highest BCUT2D eigenvalue weighted by atomic mass is 35.5. The highest BCUT2D eigenvalue weighted by Crippen LogP contribution is 2.34. The lowest BCUT2D eigenvalue weighted by Gasteiger charge is -2.26. The van der Waals surface area contributed by atoms with Gasteiger partial charge in [-0.1, -0.05) is 35.3 Å². The van der Waals surface area contributed by atoms with Crippen molar-refractivity contribution in [2.45, 2.75) is 0 Å². The van der Waals surface area contributed by atoms with Crippen LogP contribution in [0.5, 0.6) is 5.75 Å². The first-order chi connectivity index (χ1) is 14.5. The summed E-state index contributed by atoms with van der Waals surface area (Å²) in [5, 5.41) is 6.45. The van der Waals surface area contributed by atoms with Gasteiger partial charge in [-0.05, 0) is 24.3 Å². The maximum absolute atomic E-state index is 12.6. The average Bonchev–Trinajstić information content (AvgIpc) is 3.25. The van der Waals surface area contributed by atoms with Gasteiger partial charge in [0.2, 0.25) is 0 Å². The summed E-state index contributed by atoms with van der Waals surface area (Å²) in [5.41, 5.74) is 2.91. The molecular formula is C21H19Cl2N3O3S. The van der Waals surface area contributed by atoms with Gasteiger partial charge < -0.3 is 19.7 Å². The van der Waals surface area contributed by atoms with Crippen LogP contribution in [0.15, 0.2) is 41.8 Å². The minimum Gasteiger partial charge on any atom is -0.494 e. The Morgan fingerprint density at radius 1 is 1.17 bits per heavy atom. The second-order valence-corrected chi connectivity index (χ2v) is 8.27. The van der Waals surface area contributed by atoms with Crippen LogP contribution in [0.2, 0.25) is 10.0 Å². The monoisotopic (exact) mass is 463 g/mol. The third-order valence-corrected chi connectivity index (χ3v) is 6.14. The van der Waals surface area contributed by atoms with Crippen LogP contribution in [0.4, 0.5) is 10.8 Å². The molecule has 2 heterocycles. The lowest BCUT2D eigenvalue weighted by Crippen LogP contribution is -2.36. The number of anilines is 2. The van der Waals surface area contributed by atoms with Crippen LogP contribution in [0, 0.1) is 0 Å². The van der Waals surface area contributed by atoms with E-state index in [1.165, 1.54) is 19.2 Å². The zero-order valence-electron chi connectivity index (χ0n) is 16.2. The van der Waals surface area contributed by atoms with E-state index in [2.05, 4.69) is 10.2 Å². The first kappa shape index (κ1) is 20.9. The fourth-order valence-electron chi connectivity index (χ4n) is 3.11. The topological polar surface area (TPSA) is 63.7 Å². The molecule has 2 aromatic carbocycles. The van der Waals surface area contributed by atoms with Crippen LogP contribution in [-0.2, 0) is 4.74 Å². The number of methoxy groups -OCH3 is 1. The molecule has 1 N–H and O–H groups in total. The number of thiazole rings is 1. The molecule has 1 saturated heterocycles. The number of halogens is 2. The molecule has 0 atom stereocenters. The number of amides is 1. The van der Waals surface area contributed by atoms with Gasteiger partial charge in [-0.15, -0.1) is 11.3 Å². The molecule has 9 heteroatoms. The Hall–Kier alpha value is -2.32. The van der Waals surface area contributed by atoms with Crippen molar-refractivity contribution >= 4 is 51.3 Å². The van der Waals surface area contributed by atoms with Gasteiger partial charge in [0, 0.05) is 35.3 Å². The number of carbonyl (C=O) groups is 1. The normalized spacial score (nSPS) is 13.9. The molecule has 0 saturated carbocycles. The smallest absolute Gasteiger partial charge is 0.255 e. The van der Waals surface area contributed by atoms with Crippen LogP contribution in [0.25, 0.3) is 11.3 Å². The molecule has 30 heavy (non-hydrogen) atoms. The molecule has 3 aromatic rings. The lowest BCUT2D eigenvalue weighted by atomic mass is 10.1. The fraction of sp³-hybridized carbons (Fsp3) is 0.238. The Morgan fingerprint density at radius 2 is 1.83 bits per heavy atom. The Balaban J connectivity index is 1.45. The minimum absolute atomic E-state index is 0.283. The SMILES string of the molecule is COc1c(Cl)cc(C(=O)Nc2ccc(-c3csc(N4CCOCC4)n3)cc2)cc1Cl. The van der Waals surface area contributed by atoms with Crippen molar-refractivity contribution in [3.8, 4) is 17.0 Å². The van der Waals surface area contributed by atoms with Crippen molar-refractivity contribution in [1.82, 2.24) is 4.98 Å². The first-order valence-corrected chi connectivity index (χ1v) is 10.9. The third-order valence-electron chi connectivity index (χ3n) is 4.68. The molecule has 0 radical (unpaired) electrons. The number of rotatable bonds is 5. The molecule has 0 unspecified atom stereocenters. The van der Waals surface area contributed by atoms with Crippen molar-refractivity contribution in [2.24, 2.45) is 0 Å². The molecule has 6 nitrogen and oxygen atoms in total. The maximum Gasteiger partial charge on any atom is 0.255 e. The summed E-state index contributed by atoms with van der Waals surface area (Å²) in [6, 6.07) is 10.6. The van der Waals surface area contributed by atoms with E-state index in [1.807, 2.05) is 29.6 Å². The molecule has 0 aliphatic carbocycles. The number of aromatic nitrogens is 1. The van der Waals surface area contributed by atoms with Crippen molar-refractivity contribution < 1.29 is 14.3 Å². The van der Waals surface area contributed by atoms with Crippen LogP contribution in [0.3, 0.4) is 0 Å². The lowest BCUT2D eigenvalue weighted by molar-refractivity contribution is 0.102. The second kappa shape index (κ2) is 9.22. The van der Waals surface area contributed by atoms with E-state index in [1.54, 1.807) is 11.3 Å². The Morgan fingerprint density at radius 3 is 2.47 bits per heavy atom. The summed E-state index contributed by atoms with van der Waals surface area (Å²) in [6.07, 6.45) is 0. The van der Waals surface area contributed by atoms with Gasteiger partial charge >= 0.3 is 0 Å². The number of ether oxygens (including phenoxy) is 2. The van der Waals surface area contributed by atoms with Gasteiger partial charge in [-0.25, -0.2) is 4.98 Å². The number of hydrogen-bond acceptors (Lipinski definition) is 6. The van der Waals surface area contributed by atoms with Crippen molar-refractivity contribution in [1.29, 1.82) is 0 Å². The largest absolute Gasteiger partial charge is 0.494 e. The molecule has 1 amide bonds. The van der Waals surface area contributed by atoms with E-state index < -0.39 is 0 Å². The molecule has 1 fully saturated rings. The number of hydrogen-bond donors (Lipinski definition) is 1. The van der Waals surface area contributed by atoms with E-state index in [-0.39, 0.29) is 16.0 Å². The third kappa shape index (κ3) is 4.54. The summed E-state index contributed by atoms with van der Waals surface area (Å²) in [7, 11) is 1.47. The molecule has 156 valence electrons. The average molecular weight is 464 g/mol. The van der Waals surface area contributed by atoms with Crippen LogP contribution < -0.4 is 15.0 Å². The Labute approximate surface area is 188 Å². The highest BCUT2D eigenvalue weighted by Gasteiger charge is 2.16. The molecule has 1 aliphatic heterocycles. The quantitative estimate of drug-likeness (QED) is 0.562. The molecule has 0 bridgehead atoms. The number of nitrogens with one attached hydrogen (secondary N) is 1. The number of benzene rings is 2. The summed E-state index contributed by atoms with van der Waals surface area (Å²) in [6.45, 7) is 3.18. The minimum atomic E-state index is -0.308. The predicted molar refractivity (Wildman–Crippen MR) is 122 cm³/mol. The highest BCUT2D eigenvalue weighted by molar-refractivity contribution is 7.14. The summed E-state index contributed by atoms with van der Waals surface area (Å²) < 4.78 is 10.5. The molecular weight excluding hydrogens is 445 g/mol. The van der Waals surface area contributed by atoms with Gasteiger partial charge in [0.15, 0.2) is 10.9 Å². The van der Waals surface area contributed by atoms with Crippen molar-refractivity contribution in [2.75, 3.05) is 43.6 Å². The van der Waals surface area contributed by atoms with E-state index in [0.29, 0.717) is 17.0 Å². The van der Waals surface area contributed by atoms with E-state index >= 15 is 0 Å². The predicted octanol–water partition coefficient (Wildman–Crippen LogP) is 5.21. The summed E-state index contributed by atoms with van der Waals surface area (Å²) >= 11 is 13.9. The summed E-state index contributed by atoms with van der Waals surface area (Å²) in [4.78, 5) is 19.5. The molecule has 0 spiro atoms. The Kier molecular flexibility index (Phi) is 6.43. The van der Waals surface area contributed by atoms with Crippen molar-refractivity contribution in [3.05, 3.63) is 57.4 Å². The first-order valence-electron chi connectivity index (χ1n) is 9.28.